The van der Waals surface area contributed by atoms with Gasteiger partial charge in [0.2, 0.25) is 0 Å². The summed E-state index contributed by atoms with van der Waals surface area (Å²) in [5.41, 5.74) is 4.23. The highest BCUT2D eigenvalue weighted by molar-refractivity contribution is 5.95. The molecule has 4 rings (SSSR count). The smallest absolute Gasteiger partial charge is 0.336 e. The molecule has 4 aromatic rings. The van der Waals surface area contributed by atoms with Crippen LogP contribution in [0.25, 0.3) is 11.1 Å². The van der Waals surface area contributed by atoms with Crippen molar-refractivity contribution in [3.63, 3.8) is 0 Å². The fourth-order valence-electron chi connectivity index (χ4n) is 3.81. The SMILES string of the molecule is CCCCc1nc(Cc2ccccc2)nn1Cc1ccc(-c2ccccc2C(=O)O)cc1. The molecular formula is C27H27N3O2. The molecule has 0 fully saturated rings. The number of aryl methyl sites for hydroxylation is 1. The van der Waals surface area contributed by atoms with Crippen LogP contribution < -0.4 is 0 Å². The van der Waals surface area contributed by atoms with E-state index in [-0.39, 0.29) is 0 Å². The molecule has 5 heteroatoms. The molecule has 0 spiro atoms. The molecule has 0 aliphatic rings. The number of hydrogen-bond acceptors (Lipinski definition) is 3. The van der Waals surface area contributed by atoms with Crippen molar-refractivity contribution >= 4 is 5.97 Å². The number of benzene rings is 3. The maximum Gasteiger partial charge on any atom is 0.336 e. The Labute approximate surface area is 188 Å². The summed E-state index contributed by atoms with van der Waals surface area (Å²) in [5, 5.41) is 14.3. The Morgan fingerprint density at radius 2 is 1.62 bits per heavy atom. The van der Waals surface area contributed by atoms with Crippen molar-refractivity contribution in [1.82, 2.24) is 14.8 Å². The van der Waals surface area contributed by atoms with Crippen molar-refractivity contribution in [2.24, 2.45) is 0 Å². The van der Waals surface area contributed by atoms with E-state index in [1.54, 1.807) is 12.1 Å². The van der Waals surface area contributed by atoms with E-state index in [4.69, 9.17) is 10.1 Å². The van der Waals surface area contributed by atoms with Crippen molar-refractivity contribution in [3.05, 3.63) is 107 Å². The second-order valence-electron chi connectivity index (χ2n) is 7.92. The van der Waals surface area contributed by atoms with Gasteiger partial charge in [-0.25, -0.2) is 14.5 Å². The summed E-state index contributed by atoms with van der Waals surface area (Å²) in [6.07, 6.45) is 3.81. The molecule has 0 saturated carbocycles. The van der Waals surface area contributed by atoms with Crippen LogP contribution in [0.5, 0.6) is 0 Å². The molecule has 1 N–H and O–H groups in total. The lowest BCUT2D eigenvalue weighted by Gasteiger charge is -2.09. The van der Waals surface area contributed by atoms with Gasteiger partial charge in [0.1, 0.15) is 5.82 Å². The van der Waals surface area contributed by atoms with E-state index < -0.39 is 5.97 Å². The van der Waals surface area contributed by atoms with Crippen LogP contribution in [0.15, 0.2) is 78.9 Å². The van der Waals surface area contributed by atoms with Crippen molar-refractivity contribution < 1.29 is 9.90 Å². The molecule has 1 heterocycles. The third kappa shape index (κ3) is 5.11. The Morgan fingerprint density at radius 1 is 0.906 bits per heavy atom. The van der Waals surface area contributed by atoms with Gasteiger partial charge in [-0.2, -0.15) is 5.10 Å². The van der Waals surface area contributed by atoms with E-state index in [1.807, 2.05) is 59.3 Å². The van der Waals surface area contributed by atoms with Crippen molar-refractivity contribution in [3.8, 4) is 11.1 Å². The van der Waals surface area contributed by atoms with Gasteiger partial charge in [-0.1, -0.05) is 86.1 Å². The molecule has 0 atom stereocenters. The van der Waals surface area contributed by atoms with Gasteiger partial charge in [0.05, 0.1) is 12.1 Å². The predicted octanol–water partition coefficient (Wildman–Crippen LogP) is 5.63. The summed E-state index contributed by atoms with van der Waals surface area (Å²) in [6.45, 7) is 2.82. The normalized spacial score (nSPS) is 10.9. The molecule has 0 bridgehead atoms. The highest BCUT2D eigenvalue weighted by Crippen LogP contribution is 2.24. The van der Waals surface area contributed by atoms with Gasteiger partial charge in [0, 0.05) is 12.8 Å². The average Bonchev–Trinajstić information content (AvgIpc) is 3.19. The highest BCUT2D eigenvalue weighted by Gasteiger charge is 2.13. The van der Waals surface area contributed by atoms with Gasteiger partial charge in [0.25, 0.3) is 0 Å². The molecule has 0 saturated heterocycles. The quantitative estimate of drug-likeness (QED) is 0.378. The van der Waals surface area contributed by atoms with Crippen molar-refractivity contribution in [1.29, 1.82) is 0 Å². The minimum absolute atomic E-state index is 0.309. The summed E-state index contributed by atoms with van der Waals surface area (Å²) in [6, 6.07) is 25.4. The lowest BCUT2D eigenvalue weighted by Crippen LogP contribution is -2.07. The van der Waals surface area contributed by atoms with Crippen LogP contribution in [0.3, 0.4) is 0 Å². The van der Waals surface area contributed by atoms with Crippen LogP contribution >= 0.6 is 0 Å². The monoisotopic (exact) mass is 425 g/mol. The van der Waals surface area contributed by atoms with Gasteiger partial charge >= 0.3 is 5.97 Å². The Morgan fingerprint density at radius 3 is 2.34 bits per heavy atom. The molecule has 0 amide bonds. The Bertz CT molecular complexity index is 1180. The number of aromatic nitrogens is 3. The number of carbonyl (C=O) groups is 1. The summed E-state index contributed by atoms with van der Waals surface area (Å²) in [5.74, 6) is 0.936. The fourth-order valence-corrected chi connectivity index (χ4v) is 3.81. The summed E-state index contributed by atoms with van der Waals surface area (Å²) >= 11 is 0. The van der Waals surface area contributed by atoms with Crippen LogP contribution in [-0.2, 0) is 19.4 Å². The lowest BCUT2D eigenvalue weighted by molar-refractivity contribution is 0.0697. The summed E-state index contributed by atoms with van der Waals surface area (Å²) in [7, 11) is 0. The topological polar surface area (TPSA) is 68.0 Å². The van der Waals surface area contributed by atoms with E-state index in [0.29, 0.717) is 12.1 Å². The van der Waals surface area contributed by atoms with Crippen LogP contribution in [0.2, 0.25) is 0 Å². The molecule has 5 nitrogen and oxygen atoms in total. The lowest BCUT2D eigenvalue weighted by atomic mass is 9.99. The number of rotatable bonds is 9. The number of carboxylic acid groups (broad SMARTS) is 1. The molecule has 32 heavy (non-hydrogen) atoms. The first-order valence-corrected chi connectivity index (χ1v) is 11.0. The second kappa shape index (κ2) is 10.1. The predicted molar refractivity (Wildman–Crippen MR) is 126 cm³/mol. The molecule has 0 aliphatic carbocycles. The number of hydrogen-bond donors (Lipinski definition) is 1. The Kier molecular flexibility index (Phi) is 6.75. The third-order valence-electron chi connectivity index (χ3n) is 5.51. The van der Waals surface area contributed by atoms with Gasteiger partial charge in [-0.05, 0) is 34.7 Å². The zero-order valence-corrected chi connectivity index (χ0v) is 18.2. The molecule has 1 aromatic heterocycles. The fraction of sp³-hybridized carbons (Fsp3) is 0.222. The van der Waals surface area contributed by atoms with E-state index in [1.165, 1.54) is 5.56 Å². The largest absolute Gasteiger partial charge is 0.478 e. The van der Waals surface area contributed by atoms with Gasteiger partial charge in [0.15, 0.2) is 5.82 Å². The average molecular weight is 426 g/mol. The van der Waals surface area contributed by atoms with Gasteiger partial charge < -0.3 is 5.11 Å². The second-order valence-corrected chi connectivity index (χ2v) is 7.92. The Hall–Kier alpha value is -3.73. The van der Waals surface area contributed by atoms with E-state index in [9.17, 15) is 9.90 Å². The van der Waals surface area contributed by atoms with Gasteiger partial charge in [-0.15, -0.1) is 0 Å². The molecule has 0 aliphatic heterocycles. The number of unbranched alkanes of at least 4 members (excludes halogenated alkanes) is 1. The first-order chi connectivity index (χ1) is 15.6. The maximum absolute atomic E-state index is 11.5. The Balaban J connectivity index is 1.56. The first kappa shape index (κ1) is 21.5. The van der Waals surface area contributed by atoms with Crippen LogP contribution in [-0.4, -0.2) is 25.8 Å². The van der Waals surface area contributed by atoms with Crippen molar-refractivity contribution in [2.75, 3.05) is 0 Å². The van der Waals surface area contributed by atoms with Gasteiger partial charge in [-0.3, -0.25) is 0 Å². The zero-order valence-electron chi connectivity index (χ0n) is 18.2. The number of nitrogens with zero attached hydrogens (tertiary/aromatic N) is 3. The summed E-state index contributed by atoms with van der Waals surface area (Å²) < 4.78 is 2.01. The third-order valence-corrected chi connectivity index (χ3v) is 5.51. The van der Waals surface area contributed by atoms with Crippen molar-refractivity contribution in [2.45, 2.75) is 39.2 Å². The minimum Gasteiger partial charge on any atom is -0.478 e. The van der Waals surface area contributed by atoms with E-state index >= 15 is 0 Å². The highest BCUT2D eigenvalue weighted by atomic mass is 16.4. The zero-order chi connectivity index (χ0) is 22.3. The van der Waals surface area contributed by atoms with E-state index in [2.05, 4.69) is 19.1 Å². The molecular weight excluding hydrogens is 398 g/mol. The minimum atomic E-state index is -0.918. The molecule has 162 valence electrons. The van der Waals surface area contributed by atoms with Crippen LogP contribution in [0.1, 0.15) is 52.9 Å². The summed E-state index contributed by atoms with van der Waals surface area (Å²) in [4.78, 5) is 16.4. The maximum atomic E-state index is 11.5. The van der Waals surface area contributed by atoms with Crippen LogP contribution in [0.4, 0.5) is 0 Å². The first-order valence-electron chi connectivity index (χ1n) is 11.0. The number of carboxylic acids is 1. The standard InChI is InChI=1S/C27H27N3O2/c1-2-3-13-26-28-25(18-20-9-5-4-6-10-20)29-30(26)19-21-14-16-22(17-15-21)23-11-7-8-12-24(23)27(31)32/h4-12,14-17H,2-3,13,18-19H2,1H3,(H,31,32). The molecule has 0 radical (unpaired) electrons. The number of aromatic carboxylic acids is 1. The molecule has 0 unspecified atom stereocenters. The van der Waals surface area contributed by atoms with E-state index in [0.717, 1.165) is 54.0 Å². The molecule has 3 aromatic carbocycles. The van der Waals surface area contributed by atoms with Crippen LogP contribution in [0, 0.1) is 0 Å².